The Kier molecular flexibility index (Phi) is 3.04. The van der Waals surface area contributed by atoms with Crippen LogP contribution in [0.25, 0.3) is 0 Å². The third-order valence-electron chi connectivity index (χ3n) is 2.00. The Balaban J connectivity index is 3.05. The molecule has 1 aromatic rings. The van der Waals surface area contributed by atoms with Crippen LogP contribution in [0.3, 0.4) is 0 Å². The third kappa shape index (κ3) is 1.95. The molecule has 0 amide bonds. The minimum Gasteiger partial charge on any atom is -0.398 e. The molecular weight excluding hydrogens is 166 g/mol. The molecular formula is C10H15NS. The van der Waals surface area contributed by atoms with Crippen LogP contribution in [0.2, 0.25) is 0 Å². The SMILES string of the molecule is CC(C)c1ccc(N)c(CS)c1. The molecule has 0 bridgehead atoms. The standard InChI is InChI=1S/C10H15NS/c1-7(2)8-3-4-10(11)9(5-8)6-12/h3-5,7,12H,6,11H2,1-2H3. The smallest absolute Gasteiger partial charge is 0.0355 e. The van der Waals surface area contributed by atoms with Gasteiger partial charge >= 0.3 is 0 Å². The van der Waals surface area contributed by atoms with E-state index in [9.17, 15) is 0 Å². The van der Waals surface area contributed by atoms with Crippen LogP contribution in [0, 0.1) is 0 Å². The number of anilines is 1. The van der Waals surface area contributed by atoms with Gasteiger partial charge in [-0.2, -0.15) is 12.6 Å². The molecule has 0 heterocycles. The van der Waals surface area contributed by atoms with Crippen molar-refractivity contribution in [3.8, 4) is 0 Å². The molecule has 0 aliphatic heterocycles. The maximum atomic E-state index is 5.75. The Labute approximate surface area is 79.4 Å². The Bertz CT molecular complexity index is 269. The Hall–Kier alpha value is -0.630. The van der Waals surface area contributed by atoms with Crippen molar-refractivity contribution in [3.63, 3.8) is 0 Å². The summed E-state index contributed by atoms with van der Waals surface area (Å²) >= 11 is 4.22. The summed E-state index contributed by atoms with van der Waals surface area (Å²) in [6, 6.07) is 6.17. The van der Waals surface area contributed by atoms with Crippen LogP contribution in [0.1, 0.15) is 30.9 Å². The molecule has 0 spiro atoms. The number of nitrogen functional groups attached to an aromatic ring is 1. The summed E-state index contributed by atoms with van der Waals surface area (Å²) in [5.41, 5.74) is 9.05. The highest BCUT2D eigenvalue weighted by atomic mass is 32.1. The van der Waals surface area contributed by atoms with Crippen molar-refractivity contribution in [2.45, 2.75) is 25.5 Å². The molecule has 1 nitrogen and oxygen atoms in total. The molecule has 0 saturated carbocycles. The topological polar surface area (TPSA) is 26.0 Å². The molecule has 1 aromatic carbocycles. The molecule has 0 fully saturated rings. The number of hydrogen-bond acceptors (Lipinski definition) is 2. The molecule has 0 radical (unpaired) electrons. The monoisotopic (exact) mass is 181 g/mol. The first-order valence-electron chi connectivity index (χ1n) is 4.14. The zero-order valence-electron chi connectivity index (χ0n) is 7.54. The molecule has 12 heavy (non-hydrogen) atoms. The molecule has 0 aromatic heterocycles. The van der Waals surface area contributed by atoms with Crippen LogP contribution in [0.4, 0.5) is 5.69 Å². The predicted octanol–water partition coefficient (Wildman–Crippen LogP) is 2.82. The molecule has 2 heteroatoms. The summed E-state index contributed by atoms with van der Waals surface area (Å²) in [7, 11) is 0. The van der Waals surface area contributed by atoms with Crippen molar-refractivity contribution < 1.29 is 0 Å². The van der Waals surface area contributed by atoms with E-state index in [2.05, 4.69) is 38.6 Å². The fraction of sp³-hybridized carbons (Fsp3) is 0.400. The average molecular weight is 181 g/mol. The van der Waals surface area contributed by atoms with Gasteiger partial charge in [0.15, 0.2) is 0 Å². The quantitative estimate of drug-likeness (QED) is 0.532. The number of nitrogens with two attached hydrogens (primary N) is 1. The lowest BCUT2D eigenvalue weighted by molar-refractivity contribution is 0.865. The highest BCUT2D eigenvalue weighted by molar-refractivity contribution is 7.79. The number of benzene rings is 1. The van der Waals surface area contributed by atoms with Gasteiger partial charge in [0, 0.05) is 11.4 Å². The summed E-state index contributed by atoms with van der Waals surface area (Å²) in [5, 5.41) is 0. The first kappa shape index (κ1) is 9.46. The number of rotatable bonds is 2. The van der Waals surface area contributed by atoms with Crippen LogP contribution >= 0.6 is 12.6 Å². The van der Waals surface area contributed by atoms with Gasteiger partial charge in [0.2, 0.25) is 0 Å². The van der Waals surface area contributed by atoms with Gasteiger partial charge < -0.3 is 5.73 Å². The molecule has 2 N–H and O–H groups in total. The maximum absolute atomic E-state index is 5.75. The van der Waals surface area contributed by atoms with Gasteiger partial charge in [0.05, 0.1) is 0 Å². The van der Waals surface area contributed by atoms with Crippen molar-refractivity contribution in [1.82, 2.24) is 0 Å². The lowest BCUT2D eigenvalue weighted by atomic mass is 10.0. The molecule has 0 unspecified atom stereocenters. The summed E-state index contributed by atoms with van der Waals surface area (Å²) in [4.78, 5) is 0. The third-order valence-corrected chi connectivity index (χ3v) is 2.34. The van der Waals surface area contributed by atoms with E-state index in [-0.39, 0.29) is 0 Å². The second kappa shape index (κ2) is 3.85. The van der Waals surface area contributed by atoms with E-state index in [1.54, 1.807) is 0 Å². The van der Waals surface area contributed by atoms with E-state index in [1.807, 2.05) is 6.07 Å². The van der Waals surface area contributed by atoms with Gasteiger partial charge in [-0.15, -0.1) is 0 Å². The van der Waals surface area contributed by atoms with Crippen molar-refractivity contribution in [2.24, 2.45) is 0 Å². The van der Waals surface area contributed by atoms with E-state index in [0.29, 0.717) is 11.7 Å². The molecule has 0 atom stereocenters. The summed E-state index contributed by atoms with van der Waals surface area (Å²) in [6.07, 6.45) is 0. The van der Waals surface area contributed by atoms with E-state index in [0.717, 1.165) is 11.3 Å². The van der Waals surface area contributed by atoms with Crippen LogP contribution in [-0.4, -0.2) is 0 Å². The molecule has 0 saturated heterocycles. The normalized spacial score (nSPS) is 10.7. The fourth-order valence-corrected chi connectivity index (χ4v) is 1.40. The maximum Gasteiger partial charge on any atom is 0.0355 e. The second-order valence-corrected chi connectivity index (χ2v) is 3.59. The number of hydrogen-bond donors (Lipinski definition) is 2. The first-order chi connectivity index (χ1) is 5.65. The van der Waals surface area contributed by atoms with Crippen molar-refractivity contribution >= 4 is 18.3 Å². The highest BCUT2D eigenvalue weighted by Crippen LogP contribution is 2.21. The Morgan fingerprint density at radius 3 is 2.58 bits per heavy atom. The minimum absolute atomic E-state index is 0.559. The largest absolute Gasteiger partial charge is 0.398 e. The first-order valence-corrected chi connectivity index (χ1v) is 4.77. The molecule has 66 valence electrons. The summed E-state index contributed by atoms with van der Waals surface area (Å²) in [5.74, 6) is 1.27. The van der Waals surface area contributed by atoms with Gasteiger partial charge in [-0.25, -0.2) is 0 Å². The molecule has 0 aliphatic carbocycles. The molecule has 1 rings (SSSR count). The van der Waals surface area contributed by atoms with Crippen LogP contribution < -0.4 is 5.73 Å². The van der Waals surface area contributed by atoms with Gasteiger partial charge in [0.25, 0.3) is 0 Å². The van der Waals surface area contributed by atoms with Gasteiger partial charge in [-0.3, -0.25) is 0 Å². The zero-order chi connectivity index (χ0) is 9.14. The van der Waals surface area contributed by atoms with Gasteiger partial charge in [-0.05, 0) is 23.1 Å². The van der Waals surface area contributed by atoms with E-state index < -0.39 is 0 Å². The summed E-state index contributed by atoms with van der Waals surface area (Å²) < 4.78 is 0. The highest BCUT2D eigenvalue weighted by Gasteiger charge is 2.02. The predicted molar refractivity (Wildman–Crippen MR) is 57.6 cm³/mol. The zero-order valence-corrected chi connectivity index (χ0v) is 8.44. The van der Waals surface area contributed by atoms with Crippen molar-refractivity contribution in [3.05, 3.63) is 29.3 Å². The van der Waals surface area contributed by atoms with E-state index in [1.165, 1.54) is 5.56 Å². The second-order valence-electron chi connectivity index (χ2n) is 3.27. The Morgan fingerprint density at radius 1 is 1.42 bits per heavy atom. The van der Waals surface area contributed by atoms with Crippen molar-refractivity contribution in [2.75, 3.05) is 5.73 Å². The summed E-state index contributed by atoms with van der Waals surface area (Å²) in [6.45, 7) is 4.35. The minimum atomic E-state index is 0.559. The Morgan fingerprint density at radius 2 is 2.08 bits per heavy atom. The molecule has 0 aliphatic rings. The number of thiol groups is 1. The lowest BCUT2D eigenvalue weighted by Crippen LogP contribution is -1.95. The van der Waals surface area contributed by atoms with Gasteiger partial charge in [-0.1, -0.05) is 26.0 Å². The lowest BCUT2D eigenvalue weighted by Gasteiger charge is -2.08. The van der Waals surface area contributed by atoms with Gasteiger partial charge in [0.1, 0.15) is 0 Å². The van der Waals surface area contributed by atoms with E-state index in [4.69, 9.17) is 5.73 Å². The average Bonchev–Trinajstić information content (AvgIpc) is 2.05. The van der Waals surface area contributed by atoms with Crippen LogP contribution in [-0.2, 0) is 5.75 Å². The fourth-order valence-electron chi connectivity index (χ4n) is 1.12. The van der Waals surface area contributed by atoms with Crippen LogP contribution in [0.5, 0.6) is 0 Å². The van der Waals surface area contributed by atoms with Crippen LogP contribution in [0.15, 0.2) is 18.2 Å². The van der Waals surface area contributed by atoms with Crippen molar-refractivity contribution in [1.29, 1.82) is 0 Å². The van der Waals surface area contributed by atoms with E-state index >= 15 is 0 Å².